The number of nitrogens with two attached hydrogens (primary N) is 1. The Balaban J connectivity index is 2.95. The zero-order valence-corrected chi connectivity index (χ0v) is 7.88. The number of hydrogen-bond acceptors (Lipinski definition) is 2. The number of hydrogen-bond donors (Lipinski definition) is 1. The molecule has 1 atom stereocenters. The van der Waals surface area contributed by atoms with Gasteiger partial charge in [-0.15, -0.1) is 0 Å². The van der Waals surface area contributed by atoms with E-state index in [0.29, 0.717) is 6.20 Å². The Kier molecular flexibility index (Phi) is 2.97. The van der Waals surface area contributed by atoms with Crippen molar-refractivity contribution in [2.24, 2.45) is 5.73 Å². The van der Waals surface area contributed by atoms with Crippen LogP contribution in [0.3, 0.4) is 0 Å². The molecule has 0 saturated heterocycles. The van der Waals surface area contributed by atoms with Crippen molar-refractivity contribution >= 4 is 5.91 Å². The van der Waals surface area contributed by atoms with Gasteiger partial charge in [0.25, 0.3) is 0 Å². The second-order valence-electron chi connectivity index (χ2n) is 3.09. The van der Waals surface area contributed by atoms with Gasteiger partial charge in [0, 0.05) is 6.20 Å². The zero-order valence-electron chi connectivity index (χ0n) is 7.88. The van der Waals surface area contributed by atoms with E-state index in [2.05, 4.69) is 4.98 Å². The molecule has 1 rings (SSSR count). The minimum atomic E-state index is -4.42. The molecule has 1 aromatic rings. The number of rotatable bonds is 2. The standard InChI is InChI=1S/C9H9F3N2O/c1-5(8(13)15)7-3-2-6(4-14-7)9(10,11)12/h2-5H,1H3,(H2,13,15). The van der Waals surface area contributed by atoms with E-state index < -0.39 is 23.6 Å². The van der Waals surface area contributed by atoms with Crippen molar-refractivity contribution in [1.29, 1.82) is 0 Å². The van der Waals surface area contributed by atoms with E-state index in [1.807, 2.05) is 0 Å². The van der Waals surface area contributed by atoms with Crippen LogP contribution < -0.4 is 5.73 Å². The predicted octanol–water partition coefficient (Wildman–Crippen LogP) is 1.69. The maximum Gasteiger partial charge on any atom is 0.417 e. The normalized spacial score (nSPS) is 13.6. The first-order valence-electron chi connectivity index (χ1n) is 4.15. The molecule has 0 saturated carbocycles. The van der Waals surface area contributed by atoms with Crippen LogP contribution in [0.2, 0.25) is 0 Å². The quantitative estimate of drug-likeness (QED) is 0.821. The Hall–Kier alpha value is -1.59. The van der Waals surface area contributed by atoms with Gasteiger partial charge in [0.2, 0.25) is 5.91 Å². The van der Waals surface area contributed by atoms with Crippen molar-refractivity contribution < 1.29 is 18.0 Å². The van der Waals surface area contributed by atoms with Gasteiger partial charge < -0.3 is 5.73 Å². The molecule has 0 fully saturated rings. The summed E-state index contributed by atoms with van der Waals surface area (Å²) >= 11 is 0. The van der Waals surface area contributed by atoms with Crippen LogP contribution in [0.5, 0.6) is 0 Å². The Labute approximate surface area is 84.1 Å². The van der Waals surface area contributed by atoms with Gasteiger partial charge in [0.1, 0.15) is 0 Å². The lowest BCUT2D eigenvalue weighted by Crippen LogP contribution is -2.19. The van der Waals surface area contributed by atoms with Crippen LogP contribution in [-0.4, -0.2) is 10.9 Å². The van der Waals surface area contributed by atoms with Gasteiger partial charge in [-0.25, -0.2) is 0 Å². The molecule has 82 valence electrons. The van der Waals surface area contributed by atoms with E-state index in [-0.39, 0.29) is 5.69 Å². The fraction of sp³-hybridized carbons (Fsp3) is 0.333. The second-order valence-corrected chi connectivity index (χ2v) is 3.09. The van der Waals surface area contributed by atoms with Gasteiger partial charge in [-0.1, -0.05) is 0 Å². The molecule has 0 aliphatic heterocycles. The number of primary amides is 1. The third kappa shape index (κ3) is 2.68. The number of nitrogens with zero attached hydrogens (tertiary/aromatic N) is 1. The van der Waals surface area contributed by atoms with Crippen molar-refractivity contribution in [2.45, 2.75) is 19.0 Å². The Morgan fingerprint density at radius 2 is 2.07 bits per heavy atom. The number of alkyl halides is 3. The number of pyridine rings is 1. The molecule has 0 spiro atoms. The maximum absolute atomic E-state index is 12.1. The highest BCUT2D eigenvalue weighted by Crippen LogP contribution is 2.28. The smallest absolute Gasteiger partial charge is 0.369 e. The average molecular weight is 218 g/mol. The van der Waals surface area contributed by atoms with Crippen LogP contribution in [0.15, 0.2) is 18.3 Å². The number of halogens is 3. The van der Waals surface area contributed by atoms with Crippen molar-refractivity contribution in [3.63, 3.8) is 0 Å². The van der Waals surface area contributed by atoms with Crippen LogP contribution in [0.1, 0.15) is 24.1 Å². The van der Waals surface area contributed by atoms with Gasteiger partial charge in [0.15, 0.2) is 0 Å². The topological polar surface area (TPSA) is 56.0 Å². The molecule has 1 heterocycles. The maximum atomic E-state index is 12.1. The van der Waals surface area contributed by atoms with Crippen LogP contribution in [0, 0.1) is 0 Å². The third-order valence-electron chi connectivity index (χ3n) is 1.98. The SMILES string of the molecule is CC(C(N)=O)c1ccc(C(F)(F)F)cn1. The van der Waals surface area contributed by atoms with Gasteiger partial charge >= 0.3 is 6.18 Å². The summed E-state index contributed by atoms with van der Waals surface area (Å²) in [4.78, 5) is 14.3. The molecule has 15 heavy (non-hydrogen) atoms. The number of carbonyl (C=O) groups is 1. The molecule has 0 aliphatic carbocycles. The first kappa shape index (κ1) is 11.5. The predicted molar refractivity (Wildman–Crippen MR) is 46.8 cm³/mol. The number of aromatic nitrogens is 1. The van der Waals surface area contributed by atoms with E-state index in [9.17, 15) is 18.0 Å². The van der Waals surface area contributed by atoms with E-state index in [4.69, 9.17) is 5.73 Å². The van der Waals surface area contributed by atoms with Gasteiger partial charge in [-0.3, -0.25) is 9.78 Å². The zero-order chi connectivity index (χ0) is 11.6. The number of amides is 1. The van der Waals surface area contributed by atoms with Crippen molar-refractivity contribution in [2.75, 3.05) is 0 Å². The summed E-state index contributed by atoms with van der Waals surface area (Å²) in [6.45, 7) is 1.48. The third-order valence-corrected chi connectivity index (χ3v) is 1.98. The molecule has 1 amide bonds. The minimum absolute atomic E-state index is 0.232. The number of carbonyl (C=O) groups excluding carboxylic acids is 1. The molecule has 3 nitrogen and oxygen atoms in total. The summed E-state index contributed by atoms with van der Waals surface area (Å²) in [5.74, 6) is -1.31. The van der Waals surface area contributed by atoms with Crippen LogP contribution in [-0.2, 0) is 11.0 Å². The Morgan fingerprint density at radius 3 is 2.40 bits per heavy atom. The fourth-order valence-electron chi connectivity index (χ4n) is 0.975. The molecular weight excluding hydrogens is 209 g/mol. The molecular formula is C9H9F3N2O. The summed E-state index contributed by atoms with van der Waals surface area (Å²) in [6.07, 6.45) is -3.73. The van der Waals surface area contributed by atoms with E-state index >= 15 is 0 Å². The largest absolute Gasteiger partial charge is 0.417 e. The summed E-state index contributed by atoms with van der Waals surface area (Å²) in [6, 6.07) is 2.03. The van der Waals surface area contributed by atoms with E-state index in [0.717, 1.165) is 12.1 Å². The van der Waals surface area contributed by atoms with Crippen molar-refractivity contribution in [1.82, 2.24) is 4.98 Å². The van der Waals surface area contributed by atoms with Crippen LogP contribution >= 0.6 is 0 Å². The molecule has 0 bridgehead atoms. The Morgan fingerprint density at radius 1 is 1.47 bits per heavy atom. The second kappa shape index (κ2) is 3.88. The van der Waals surface area contributed by atoms with Gasteiger partial charge in [-0.05, 0) is 19.1 Å². The highest BCUT2D eigenvalue weighted by atomic mass is 19.4. The Bertz CT molecular complexity index is 359. The van der Waals surface area contributed by atoms with Crippen molar-refractivity contribution in [3.05, 3.63) is 29.6 Å². The molecule has 0 aromatic carbocycles. The molecule has 1 unspecified atom stereocenters. The lowest BCUT2D eigenvalue weighted by molar-refractivity contribution is -0.137. The van der Waals surface area contributed by atoms with Gasteiger partial charge in [0.05, 0.1) is 17.2 Å². The van der Waals surface area contributed by atoms with E-state index in [1.54, 1.807) is 0 Å². The van der Waals surface area contributed by atoms with Crippen molar-refractivity contribution in [3.8, 4) is 0 Å². The highest BCUT2D eigenvalue weighted by Gasteiger charge is 2.30. The van der Waals surface area contributed by atoms with E-state index in [1.165, 1.54) is 6.92 Å². The average Bonchev–Trinajstić information content (AvgIpc) is 2.15. The lowest BCUT2D eigenvalue weighted by Gasteiger charge is -2.09. The summed E-state index contributed by atoms with van der Waals surface area (Å²) in [5, 5.41) is 0. The molecule has 0 radical (unpaired) electrons. The molecule has 0 aliphatic rings. The highest BCUT2D eigenvalue weighted by molar-refractivity contribution is 5.80. The molecule has 2 N–H and O–H groups in total. The van der Waals surface area contributed by atoms with Crippen LogP contribution in [0.25, 0.3) is 0 Å². The van der Waals surface area contributed by atoms with Crippen LogP contribution in [0.4, 0.5) is 13.2 Å². The summed E-state index contributed by atoms with van der Waals surface area (Å²) < 4.78 is 36.4. The monoisotopic (exact) mass is 218 g/mol. The minimum Gasteiger partial charge on any atom is -0.369 e. The molecule has 6 heteroatoms. The van der Waals surface area contributed by atoms with Gasteiger partial charge in [-0.2, -0.15) is 13.2 Å². The fourth-order valence-corrected chi connectivity index (χ4v) is 0.975. The lowest BCUT2D eigenvalue weighted by atomic mass is 10.1. The first-order chi connectivity index (χ1) is 6.82. The first-order valence-corrected chi connectivity index (χ1v) is 4.15. The molecule has 1 aromatic heterocycles. The summed E-state index contributed by atoms with van der Waals surface area (Å²) in [5.41, 5.74) is 4.38. The summed E-state index contributed by atoms with van der Waals surface area (Å²) in [7, 11) is 0.